The van der Waals surface area contributed by atoms with Gasteiger partial charge in [0.05, 0.1) is 6.21 Å². The Bertz CT molecular complexity index is 717. The molecule has 0 radical (unpaired) electrons. The lowest BCUT2D eigenvalue weighted by Crippen LogP contribution is -2.17. The van der Waals surface area contributed by atoms with Crippen LogP contribution in [-0.2, 0) is 0 Å². The Morgan fingerprint density at radius 1 is 1.36 bits per heavy atom. The van der Waals surface area contributed by atoms with E-state index in [-0.39, 0.29) is 5.91 Å². The molecular formula is C16H15BrN4O. The van der Waals surface area contributed by atoms with Crippen molar-refractivity contribution in [2.24, 2.45) is 5.10 Å². The van der Waals surface area contributed by atoms with Crippen molar-refractivity contribution in [2.45, 2.75) is 18.8 Å². The van der Waals surface area contributed by atoms with Gasteiger partial charge in [-0.05, 0) is 46.5 Å². The van der Waals surface area contributed by atoms with Crippen molar-refractivity contribution in [3.8, 4) is 0 Å². The summed E-state index contributed by atoms with van der Waals surface area (Å²) < 4.78 is 0.764. The van der Waals surface area contributed by atoms with Crippen molar-refractivity contribution in [3.63, 3.8) is 0 Å². The SMILES string of the molecule is O=C(N/N=C\C(Br)=C/c1ccccc1)c1cc(C2CC2)[nH]n1. The smallest absolute Gasteiger partial charge is 0.281 e. The molecule has 1 aromatic heterocycles. The van der Waals surface area contributed by atoms with Gasteiger partial charge in [-0.2, -0.15) is 10.2 Å². The van der Waals surface area contributed by atoms with E-state index in [4.69, 9.17) is 0 Å². The first-order valence-electron chi connectivity index (χ1n) is 7.03. The first-order valence-corrected chi connectivity index (χ1v) is 7.82. The number of benzene rings is 1. The molecule has 0 bridgehead atoms. The topological polar surface area (TPSA) is 70.1 Å². The number of aromatic amines is 1. The lowest BCUT2D eigenvalue weighted by atomic mass is 10.2. The van der Waals surface area contributed by atoms with Crippen LogP contribution >= 0.6 is 15.9 Å². The Kier molecular flexibility index (Phi) is 4.48. The number of carbonyl (C=O) groups excluding carboxylic acids is 1. The highest BCUT2D eigenvalue weighted by molar-refractivity contribution is 9.12. The summed E-state index contributed by atoms with van der Waals surface area (Å²) in [4.78, 5) is 11.9. The summed E-state index contributed by atoms with van der Waals surface area (Å²) in [5.41, 5.74) is 4.91. The quantitative estimate of drug-likeness (QED) is 0.634. The van der Waals surface area contributed by atoms with Crippen LogP contribution in [0.15, 0.2) is 46.0 Å². The fourth-order valence-electron chi connectivity index (χ4n) is 2.01. The van der Waals surface area contributed by atoms with Crippen molar-refractivity contribution in [1.82, 2.24) is 15.6 Å². The number of amides is 1. The molecule has 3 rings (SSSR count). The number of rotatable bonds is 5. The molecule has 22 heavy (non-hydrogen) atoms. The van der Waals surface area contributed by atoms with Gasteiger partial charge in [-0.1, -0.05) is 30.3 Å². The van der Waals surface area contributed by atoms with Crippen molar-refractivity contribution >= 4 is 34.1 Å². The van der Waals surface area contributed by atoms with E-state index in [0.717, 1.165) is 15.7 Å². The summed E-state index contributed by atoms with van der Waals surface area (Å²) >= 11 is 3.39. The molecule has 0 aliphatic heterocycles. The molecule has 0 spiro atoms. The van der Waals surface area contributed by atoms with Crippen LogP contribution in [0.3, 0.4) is 0 Å². The number of nitrogens with one attached hydrogen (secondary N) is 2. The van der Waals surface area contributed by atoms with Crippen LogP contribution in [0.2, 0.25) is 0 Å². The van der Waals surface area contributed by atoms with Gasteiger partial charge >= 0.3 is 0 Å². The van der Waals surface area contributed by atoms with Gasteiger partial charge in [0.25, 0.3) is 5.91 Å². The van der Waals surface area contributed by atoms with E-state index in [2.05, 4.69) is 36.7 Å². The highest BCUT2D eigenvalue weighted by Gasteiger charge is 2.26. The third kappa shape index (κ3) is 3.92. The number of H-pyrrole nitrogens is 1. The van der Waals surface area contributed by atoms with Gasteiger partial charge in [-0.15, -0.1) is 0 Å². The minimum atomic E-state index is -0.320. The zero-order chi connectivity index (χ0) is 15.4. The van der Waals surface area contributed by atoms with Crippen LogP contribution in [0.25, 0.3) is 6.08 Å². The van der Waals surface area contributed by atoms with E-state index >= 15 is 0 Å². The minimum absolute atomic E-state index is 0.320. The Labute approximate surface area is 136 Å². The molecule has 112 valence electrons. The molecule has 1 aliphatic rings. The normalized spacial score (nSPS) is 15.2. The summed E-state index contributed by atoms with van der Waals surface area (Å²) in [7, 11) is 0. The molecule has 1 amide bonds. The first-order chi connectivity index (χ1) is 10.7. The second-order valence-electron chi connectivity index (χ2n) is 5.12. The predicted molar refractivity (Wildman–Crippen MR) is 89.9 cm³/mol. The molecule has 2 aromatic rings. The number of nitrogens with zero attached hydrogens (tertiary/aromatic N) is 2. The van der Waals surface area contributed by atoms with Crippen molar-refractivity contribution in [3.05, 3.63) is 57.8 Å². The molecule has 1 fully saturated rings. The van der Waals surface area contributed by atoms with Gasteiger partial charge in [0.1, 0.15) is 0 Å². The van der Waals surface area contributed by atoms with E-state index in [9.17, 15) is 4.79 Å². The number of hydrogen-bond donors (Lipinski definition) is 2. The largest absolute Gasteiger partial charge is 0.291 e. The highest BCUT2D eigenvalue weighted by Crippen LogP contribution is 2.38. The molecule has 6 heteroatoms. The maximum absolute atomic E-state index is 11.9. The summed E-state index contributed by atoms with van der Waals surface area (Å²) in [5, 5.41) is 10.8. The zero-order valence-electron chi connectivity index (χ0n) is 11.8. The van der Waals surface area contributed by atoms with Crippen molar-refractivity contribution in [2.75, 3.05) is 0 Å². The second-order valence-corrected chi connectivity index (χ2v) is 6.04. The maximum atomic E-state index is 11.9. The average Bonchev–Trinajstić information content (AvgIpc) is 3.25. The molecular weight excluding hydrogens is 344 g/mol. The van der Waals surface area contributed by atoms with Gasteiger partial charge in [-0.25, -0.2) is 5.43 Å². The Morgan fingerprint density at radius 3 is 2.86 bits per heavy atom. The van der Waals surface area contributed by atoms with Crippen molar-refractivity contribution in [1.29, 1.82) is 0 Å². The summed E-state index contributed by atoms with van der Waals surface area (Å²) in [6.07, 6.45) is 5.78. The standard InChI is InChI=1S/C16H15BrN4O/c17-13(8-11-4-2-1-3-5-11)10-18-21-16(22)15-9-14(19-20-15)12-6-7-12/h1-5,8-10,12H,6-7H2,(H,19,20)(H,21,22)/b13-8+,18-10-. The molecule has 0 saturated heterocycles. The van der Waals surface area contributed by atoms with E-state index in [1.807, 2.05) is 36.4 Å². The molecule has 1 saturated carbocycles. The second kappa shape index (κ2) is 6.70. The predicted octanol–water partition coefficient (Wildman–Crippen LogP) is 3.44. The van der Waals surface area contributed by atoms with Crippen LogP contribution in [0.1, 0.15) is 40.5 Å². The molecule has 0 unspecified atom stereocenters. The van der Waals surface area contributed by atoms with Crippen LogP contribution < -0.4 is 5.43 Å². The Morgan fingerprint density at radius 2 is 2.14 bits per heavy atom. The third-order valence-corrected chi connectivity index (χ3v) is 3.74. The lowest BCUT2D eigenvalue weighted by molar-refractivity contribution is 0.0950. The lowest BCUT2D eigenvalue weighted by Gasteiger charge is -1.95. The Balaban J connectivity index is 1.56. The van der Waals surface area contributed by atoms with Gasteiger partial charge in [0.2, 0.25) is 0 Å². The molecule has 1 heterocycles. The fraction of sp³-hybridized carbons (Fsp3) is 0.188. The third-order valence-electron chi connectivity index (χ3n) is 3.31. The van der Waals surface area contributed by atoms with Crippen LogP contribution in [0.5, 0.6) is 0 Å². The van der Waals surface area contributed by atoms with Gasteiger partial charge < -0.3 is 0 Å². The summed E-state index contributed by atoms with van der Waals surface area (Å²) in [6, 6.07) is 11.6. The Hall–Kier alpha value is -2.21. The zero-order valence-corrected chi connectivity index (χ0v) is 13.4. The molecule has 1 aliphatic carbocycles. The molecule has 1 aromatic carbocycles. The number of hydrazone groups is 1. The van der Waals surface area contributed by atoms with Gasteiger partial charge in [0.15, 0.2) is 5.69 Å². The number of carbonyl (C=O) groups is 1. The number of aromatic nitrogens is 2. The summed E-state index contributed by atoms with van der Waals surface area (Å²) in [5.74, 6) is 0.222. The monoisotopic (exact) mass is 358 g/mol. The van der Waals surface area contributed by atoms with E-state index < -0.39 is 0 Å². The number of allylic oxidation sites excluding steroid dienone is 1. The van der Waals surface area contributed by atoms with E-state index in [1.54, 1.807) is 12.3 Å². The molecule has 5 nitrogen and oxygen atoms in total. The molecule has 0 atom stereocenters. The first kappa shape index (κ1) is 14.7. The van der Waals surface area contributed by atoms with Crippen LogP contribution in [0, 0.1) is 0 Å². The maximum Gasteiger partial charge on any atom is 0.291 e. The summed E-state index contributed by atoms with van der Waals surface area (Å²) in [6.45, 7) is 0. The van der Waals surface area contributed by atoms with Gasteiger partial charge in [-0.3, -0.25) is 9.89 Å². The van der Waals surface area contributed by atoms with Crippen molar-refractivity contribution < 1.29 is 4.79 Å². The molecule has 2 N–H and O–H groups in total. The minimum Gasteiger partial charge on any atom is -0.281 e. The number of hydrogen-bond acceptors (Lipinski definition) is 3. The van der Waals surface area contributed by atoms with E-state index in [1.165, 1.54) is 12.8 Å². The highest BCUT2D eigenvalue weighted by atomic mass is 79.9. The van der Waals surface area contributed by atoms with Crippen LogP contribution in [-0.4, -0.2) is 22.3 Å². The number of halogens is 1. The average molecular weight is 359 g/mol. The van der Waals surface area contributed by atoms with Gasteiger partial charge in [0, 0.05) is 16.1 Å². The fourth-order valence-corrected chi connectivity index (χ4v) is 2.38. The van der Waals surface area contributed by atoms with E-state index in [0.29, 0.717) is 11.6 Å². The van der Waals surface area contributed by atoms with Crippen LogP contribution in [0.4, 0.5) is 0 Å².